The molecule has 2 heterocycles. The number of aliphatic carboxylic acids is 1. The molecule has 2 aromatic heterocycles. The van der Waals surface area contributed by atoms with Crippen molar-refractivity contribution in [2.75, 3.05) is 0 Å². The van der Waals surface area contributed by atoms with Crippen molar-refractivity contribution in [3.8, 4) is 0 Å². The number of hydrogen-bond donors (Lipinski definition) is 2. The number of aromatic nitrogens is 2. The van der Waals surface area contributed by atoms with E-state index >= 15 is 0 Å². The highest BCUT2D eigenvalue weighted by molar-refractivity contribution is 7.13. The van der Waals surface area contributed by atoms with Crippen LogP contribution in [-0.2, 0) is 17.6 Å². The zero-order chi connectivity index (χ0) is 20.2. The van der Waals surface area contributed by atoms with Crippen molar-refractivity contribution in [1.82, 2.24) is 9.97 Å². The first kappa shape index (κ1) is 19.4. The van der Waals surface area contributed by atoms with Crippen LogP contribution in [0.5, 0.6) is 0 Å². The summed E-state index contributed by atoms with van der Waals surface area (Å²) in [4.78, 5) is 22.2. The molecule has 4 nitrogen and oxygen atoms in total. The lowest BCUT2D eigenvalue weighted by atomic mass is 10.00. The molecule has 0 amide bonds. The van der Waals surface area contributed by atoms with Crippen LogP contribution in [0.1, 0.15) is 52.4 Å². The van der Waals surface area contributed by atoms with Crippen LogP contribution in [0.4, 0.5) is 0 Å². The monoisotopic (exact) mass is 404 g/mol. The molecule has 4 rings (SSSR count). The van der Waals surface area contributed by atoms with Gasteiger partial charge in [0.15, 0.2) is 0 Å². The third-order valence-corrected chi connectivity index (χ3v) is 6.54. The van der Waals surface area contributed by atoms with Crippen molar-refractivity contribution in [2.24, 2.45) is 0 Å². The molecule has 0 aliphatic carbocycles. The van der Waals surface area contributed by atoms with E-state index in [0.29, 0.717) is 0 Å². The van der Waals surface area contributed by atoms with Gasteiger partial charge in [0.25, 0.3) is 0 Å². The number of nitrogens with zero attached hydrogens (tertiary/aromatic N) is 1. The molecule has 0 saturated heterocycles. The van der Waals surface area contributed by atoms with E-state index in [0.717, 1.165) is 41.0 Å². The molecule has 4 aromatic rings. The second-order valence-electron chi connectivity index (χ2n) is 7.32. The van der Waals surface area contributed by atoms with E-state index in [9.17, 15) is 9.90 Å². The average molecular weight is 405 g/mol. The summed E-state index contributed by atoms with van der Waals surface area (Å²) >= 11 is 1.71. The Morgan fingerprint density at radius 2 is 1.66 bits per heavy atom. The van der Waals surface area contributed by atoms with Gasteiger partial charge in [0, 0.05) is 28.5 Å². The maximum atomic E-state index is 11.4. The smallest absolute Gasteiger partial charge is 0.303 e. The molecule has 1 unspecified atom stereocenters. The topological polar surface area (TPSA) is 66.0 Å². The van der Waals surface area contributed by atoms with Crippen LogP contribution in [0.2, 0.25) is 0 Å². The van der Waals surface area contributed by atoms with E-state index in [2.05, 4.69) is 36.2 Å². The summed E-state index contributed by atoms with van der Waals surface area (Å²) in [5.41, 5.74) is 4.45. The Morgan fingerprint density at radius 1 is 1.03 bits per heavy atom. The third-order valence-electron chi connectivity index (χ3n) is 5.20. The lowest BCUT2D eigenvalue weighted by Gasteiger charge is -2.10. The molecule has 0 radical (unpaired) electrons. The molecule has 29 heavy (non-hydrogen) atoms. The number of aromatic amines is 1. The number of benzene rings is 2. The molecular weight excluding hydrogens is 380 g/mol. The molecule has 148 valence electrons. The normalized spacial score (nSPS) is 12.3. The van der Waals surface area contributed by atoms with Gasteiger partial charge in [-0.15, -0.1) is 11.3 Å². The maximum absolute atomic E-state index is 11.4. The van der Waals surface area contributed by atoms with Gasteiger partial charge in [0.2, 0.25) is 0 Å². The minimum atomic E-state index is -0.757. The summed E-state index contributed by atoms with van der Waals surface area (Å²) in [6.07, 6.45) is 2.48. The predicted octanol–water partition coefficient (Wildman–Crippen LogP) is 5.77. The van der Waals surface area contributed by atoms with Crippen LogP contribution in [0.3, 0.4) is 0 Å². The largest absolute Gasteiger partial charge is 0.481 e. The van der Waals surface area contributed by atoms with Gasteiger partial charge >= 0.3 is 5.97 Å². The Kier molecular flexibility index (Phi) is 5.76. The predicted molar refractivity (Wildman–Crippen MR) is 118 cm³/mol. The zero-order valence-corrected chi connectivity index (χ0v) is 17.2. The standard InChI is InChI=1S/C24H24N2O2S/c1-2-18(15-21(27)28)24-23-22(19(29-24)13-16-9-5-3-6-10-16)25-20(26-23)14-17-11-7-4-8-12-17/h3-12,18H,2,13-15H2,1H3,(H,25,26)(H,27,28). The average Bonchev–Trinajstić information content (AvgIpc) is 3.27. The summed E-state index contributed by atoms with van der Waals surface area (Å²) in [7, 11) is 0. The Balaban J connectivity index is 1.75. The van der Waals surface area contributed by atoms with Crippen LogP contribution in [-0.4, -0.2) is 21.0 Å². The van der Waals surface area contributed by atoms with Crippen LogP contribution >= 0.6 is 11.3 Å². The van der Waals surface area contributed by atoms with Crippen LogP contribution in [0.15, 0.2) is 60.7 Å². The van der Waals surface area contributed by atoms with E-state index in [1.54, 1.807) is 11.3 Å². The van der Waals surface area contributed by atoms with Gasteiger partial charge in [-0.2, -0.15) is 0 Å². The summed E-state index contributed by atoms with van der Waals surface area (Å²) in [5.74, 6) is 0.163. The van der Waals surface area contributed by atoms with Crippen LogP contribution in [0.25, 0.3) is 11.0 Å². The van der Waals surface area contributed by atoms with Crippen molar-refractivity contribution in [3.05, 3.63) is 87.4 Å². The zero-order valence-electron chi connectivity index (χ0n) is 16.4. The molecule has 0 spiro atoms. The van der Waals surface area contributed by atoms with Crippen molar-refractivity contribution < 1.29 is 9.90 Å². The van der Waals surface area contributed by atoms with E-state index in [1.165, 1.54) is 16.0 Å². The van der Waals surface area contributed by atoms with Gasteiger partial charge in [-0.25, -0.2) is 4.98 Å². The summed E-state index contributed by atoms with van der Waals surface area (Å²) in [5, 5.41) is 9.37. The van der Waals surface area contributed by atoms with Crippen molar-refractivity contribution >= 4 is 28.3 Å². The van der Waals surface area contributed by atoms with Gasteiger partial charge in [0.1, 0.15) is 11.3 Å². The second kappa shape index (κ2) is 8.62. The number of carboxylic acids is 1. The lowest BCUT2D eigenvalue weighted by molar-refractivity contribution is -0.137. The number of thiophene rings is 1. The second-order valence-corrected chi connectivity index (χ2v) is 8.46. The quantitative estimate of drug-likeness (QED) is 0.391. The fourth-order valence-corrected chi connectivity index (χ4v) is 5.14. The number of carboxylic acid groups (broad SMARTS) is 1. The molecule has 2 aromatic carbocycles. The van der Waals surface area contributed by atoms with Crippen molar-refractivity contribution in [1.29, 1.82) is 0 Å². The number of fused-ring (bicyclic) bond motifs is 1. The van der Waals surface area contributed by atoms with Crippen molar-refractivity contribution in [2.45, 2.75) is 38.5 Å². The minimum Gasteiger partial charge on any atom is -0.481 e. The number of rotatable bonds is 8. The molecule has 1 atom stereocenters. The van der Waals surface area contributed by atoms with Crippen LogP contribution < -0.4 is 0 Å². The lowest BCUT2D eigenvalue weighted by Crippen LogP contribution is -2.04. The summed E-state index contributed by atoms with van der Waals surface area (Å²) in [6.45, 7) is 2.05. The van der Waals surface area contributed by atoms with Gasteiger partial charge in [-0.1, -0.05) is 67.6 Å². The fourth-order valence-electron chi connectivity index (χ4n) is 3.73. The van der Waals surface area contributed by atoms with E-state index in [1.807, 2.05) is 36.4 Å². The Labute approximate surface area is 174 Å². The molecular formula is C24H24N2O2S. The Morgan fingerprint density at radius 3 is 2.24 bits per heavy atom. The van der Waals surface area contributed by atoms with Gasteiger partial charge in [-0.05, 0) is 17.5 Å². The van der Waals surface area contributed by atoms with Gasteiger partial charge < -0.3 is 10.1 Å². The Bertz CT molecular complexity index is 1100. The molecule has 2 N–H and O–H groups in total. The van der Waals surface area contributed by atoms with Crippen molar-refractivity contribution in [3.63, 3.8) is 0 Å². The van der Waals surface area contributed by atoms with Gasteiger partial charge in [0.05, 0.1) is 11.9 Å². The van der Waals surface area contributed by atoms with Crippen LogP contribution in [0, 0.1) is 0 Å². The van der Waals surface area contributed by atoms with Gasteiger partial charge in [-0.3, -0.25) is 4.79 Å². The molecule has 5 heteroatoms. The highest BCUT2D eigenvalue weighted by atomic mass is 32.1. The number of imidazole rings is 1. The number of hydrogen-bond acceptors (Lipinski definition) is 3. The Hall–Kier alpha value is -2.92. The molecule has 0 bridgehead atoms. The van der Waals surface area contributed by atoms with E-state index in [-0.39, 0.29) is 12.3 Å². The minimum absolute atomic E-state index is 0.00505. The molecule has 0 fully saturated rings. The maximum Gasteiger partial charge on any atom is 0.303 e. The highest BCUT2D eigenvalue weighted by Gasteiger charge is 2.23. The third kappa shape index (κ3) is 4.40. The summed E-state index contributed by atoms with van der Waals surface area (Å²) < 4.78 is 0. The first-order chi connectivity index (χ1) is 14.1. The molecule has 0 aliphatic heterocycles. The first-order valence-corrected chi connectivity index (χ1v) is 10.8. The molecule has 0 aliphatic rings. The SMILES string of the molecule is CCC(CC(=O)O)c1sc(Cc2ccccc2)c2nc(Cc3ccccc3)[nH]c12. The molecule has 0 saturated carbocycles. The first-order valence-electron chi connectivity index (χ1n) is 9.93. The number of H-pyrrole nitrogens is 1. The van der Waals surface area contributed by atoms with E-state index in [4.69, 9.17) is 4.98 Å². The summed E-state index contributed by atoms with van der Waals surface area (Å²) in [6, 6.07) is 20.6. The highest BCUT2D eigenvalue weighted by Crippen LogP contribution is 2.39. The fraction of sp³-hybridized carbons (Fsp3) is 0.250. The number of nitrogens with one attached hydrogen (secondary N) is 1. The number of carbonyl (C=O) groups is 1. The van der Waals surface area contributed by atoms with E-state index < -0.39 is 5.97 Å².